The minimum atomic E-state index is 0.179. The molecule has 14 heavy (non-hydrogen) atoms. The lowest BCUT2D eigenvalue weighted by molar-refractivity contribution is 0.109. The van der Waals surface area contributed by atoms with Gasteiger partial charge in [0, 0.05) is 0 Å². The minimum Gasteiger partial charge on any atom is -0.361 e. The van der Waals surface area contributed by atoms with Gasteiger partial charge in [-0.2, -0.15) is 0 Å². The Labute approximate surface area is 88.2 Å². The van der Waals surface area contributed by atoms with Crippen molar-refractivity contribution in [1.82, 2.24) is 0 Å². The Morgan fingerprint density at radius 1 is 0.786 bits per heavy atom. The summed E-state index contributed by atoms with van der Waals surface area (Å²) in [4.78, 5) is 0. The fourth-order valence-electron chi connectivity index (χ4n) is 3.63. The van der Waals surface area contributed by atoms with Gasteiger partial charge in [0.15, 0.2) is 0 Å². The van der Waals surface area contributed by atoms with Crippen molar-refractivity contribution in [3.63, 3.8) is 0 Å². The number of hydrogen-bond donors (Lipinski definition) is 0. The van der Waals surface area contributed by atoms with Crippen molar-refractivity contribution in [2.75, 3.05) is 0 Å². The third-order valence-electron chi connectivity index (χ3n) is 4.44. The van der Waals surface area contributed by atoms with Gasteiger partial charge in [0.1, 0.15) is 11.2 Å². The molecule has 1 aliphatic heterocycles. The lowest BCUT2D eigenvalue weighted by Crippen LogP contribution is -2.41. The molecule has 82 valence electrons. The molecule has 0 spiro atoms. The molecular weight excluding hydrogens is 172 g/mol. The average molecular weight is 196 g/mol. The van der Waals surface area contributed by atoms with Gasteiger partial charge in [0.05, 0.1) is 0 Å². The van der Waals surface area contributed by atoms with Crippen LogP contribution in [0.3, 0.4) is 0 Å². The van der Waals surface area contributed by atoms with Gasteiger partial charge in [-0.05, 0) is 30.1 Å². The third kappa shape index (κ3) is 0.946. The summed E-state index contributed by atoms with van der Waals surface area (Å²) in [6.45, 7) is 14.0. The van der Waals surface area contributed by atoms with Gasteiger partial charge < -0.3 is 4.74 Å². The molecule has 1 saturated heterocycles. The maximum atomic E-state index is 6.26. The Balaban J connectivity index is 2.36. The summed E-state index contributed by atoms with van der Waals surface area (Å²) >= 11 is 0. The number of hydrogen-bond acceptors (Lipinski definition) is 1. The van der Waals surface area contributed by atoms with Crippen LogP contribution in [0.15, 0.2) is 0 Å². The van der Waals surface area contributed by atoms with Crippen LogP contribution in [0.25, 0.3) is 0 Å². The predicted octanol–water partition coefficient (Wildman–Crippen LogP) is 3.77. The zero-order valence-electron chi connectivity index (χ0n) is 10.5. The van der Waals surface area contributed by atoms with E-state index in [1.54, 1.807) is 0 Å². The molecule has 0 aromatic rings. The zero-order valence-corrected chi connectivity index (χ0v) is 10.5. The number of rotatable bonds is 0. The van der Waals surface area contributed by atoms with E-state index in [-0.39, 0.29) is 22.0 Å². The summed E-state index contributed by atoms with van der Waals surface area (Å²) in [5.41, 5.74) is 0.935. The van der Waals surface area contributed by atoms with E-state index < -0.39 is 0 Å². The molecule has 0 bridgehead atoms. The summed E-state index contributed by atoms with van der Waals surface area (Å²) < 4.78 is 6.26. The molecule has 2 aliphatic rings. The van der Waals surface area contributed by atoms with Gasteiger partial charge in [-0.3, -0.25) is 0 Å². The SMILES string of the molecule is CC(C)(C)C12CCCC1(C(C)(C)C)O2. The zero-order chi connectivity index (χ0) is 10.8. The number of epoxide rings is 1. The van der Waals surface area contributed by atoms with E-state index in [4.69, 9.17) is 4.74 Å². The van der Waals surface area contributed by atoms with Crippen LogP contribution in [0.5, 0.6) is 0 Å². The molecule has 1 saturated carbocycles. The summed E-state index contributed by atoms with van der Waals surface area (Å²) in [5.74, 6) is 0. The van der Waals surface area contributed by atoms with E-state index in [9.17, 15) is 0 Å². The highest BCUT2D eigenvalue weighted by Gasteiger charge is 2.79. The van der Waals surface area contributed by atoms with E-state index in [2.05, 4.69) is 41.5 Å². The second-order valence-corrected chi connectivity index (χ2v) is 7.11. The Morgan fingerprint density at radius 2 is 1.14 bits per heavy atom. The van der Waals surface area contributed by atoms with Crippen molar-refractivity contribution in [3.8, 4) is 0 Å². The molecule has 2 rings (SSSR count). The average Bonchev–Trinajstić information content (AvgIpc) is 2.50. The van der Waals surface area contributed by atoms with E-state index in [1.807, 2.05) is 0 Å². The van der Waals surface area contributed by atoms with E-state index in [1.165, 1.54) is 19.3 Å². The summed E-state index contributed by atoms with van der Waals surface area (Å²) in [7, 11) is 0. The fraction of sp³-hybridized carbons (Fsp3) is 1.00. The summed E-state index contributed by atoms with van der Waals surface area (Å²) in [5, 5.41) is 0. The first-order chi connectivity index (χ1) is 6.16. The lowest BCUT2D eigenvalue weighted by atomic mass is 9.66. The quantitative estimate of drug-likeness (QED) is 0.537. The summed E-state index contributed by atoms with van der Waals surface area (Å²) in [6.07, 6.45) is 3.86. The molecule has 0 aromatic carbocycles. The van der Waals surface area contributed by atoms with Gasteiger partial charge in [-0.15, -0.1) is 0 Å². The van der Waals surface area contributed by atoms with Crippen molar-refractivity contribution in [1.29, 1.82) is 0 Å². The highest BCUT2D eigenvalue weighted by atomic mass is 16.6. The molecule has 2 unspecified atom stereocenters. The van der Waals surface area contributed by atoms with Crippen LogP contribution >= 0.6 is 0 Å². The lowest BCUT2D eigenvalue weighted by Gasteiger charge is -2.33. The van der Waals surface area contributed by atoms with Gasteiger partial charge in [-0.1, -0.05) is 41.5 Å². The smallest absolute Gasteiger partial charge is 0.103 e. The van der Waals surface area contributed by atoms with E-state index in [0.29, 0.717) is 0 Å². The molecule has 0 amide bonds. The molecule has 1 aliphatic carbocycles. The first-order valence-corrected chi connectivity index (χ1v) is 5.87. The van der Waals surface area contributed by atoms with E-state index in [0.717, 1.165) is 0 Å². The fourth-order valence-corrected chi connectivity index (χ4v) is 3.63. The Bertz CT molecular complexity index is 229. The summed E-state index contributed by atoms with van der Waals surface area (Å²) in [6, 6.07) is 0. The second-order valence-electron chi connectivity index (χ2n) is 7.11. The topological polar surface area (TPSA) is 12.5 Å². The van der Waals surface area contributed by atoms with E-state index >= 15 is 0 Å². The molecule has 0 aromatic heterocycles. The molecule has 2 atom stereocenters. The minimum absolute atomic E-state index is 0.179. The van der Waals surface area contributed by atoms with Crippen molar-refractivity contribution in [3.05, 3.63) is 0 Å². The predicted molar refractivity (Wildman–Crippen MR) is 59.3 cm³/mol. The van der Waals surface area contributed by atoms with Gasteiger partial charge in [0.25, 0.3) is 0 Å². The van der Waals surface area contributed by atoms with Gasteiger partial charge in [0.2, 0.25) is 0 Å². The Hall–Kier alpha value is -0.0400. The van der Waals surface area contributed by atoms with Gasteiger partial charge in [-0.25, -0.2) is 0 Å². The molecule has 1 heterocycles. The van der Waals surface area contributed by atoms with Gasteiger partial charge >= 0.3 is 0 Å². The normalized spacial score (nSPS) is 42.4. The van der Waals surface area contributed by atoms with Crippen LogP contribution in [-0.4, -0.2) is 11.2 Å². The molecule has 0 radical (unpaired) electrons. The largest absolute Gasteiger partial charge is 0.361 e. The Kier molecular flexibility index (Phi) is 1.77. The van der Waals surface area contributed by atoms with Crippen molar-refractivity contribution in [2.45, 2.75) is 72.0 Å². The number of fused-ring (bicyclic) bond motifs is 1. The second kappa shape index (κ2) is 2.37. The monoisotopic (exact) mass is 196 g/mol. The Morgan fingerprint density at radius 3 is 1.36 bits per heavy atom. The van der Waals surface area contributed by atoms with Crippen LogP contribution in [0.1, 0.15) is 60.8 Å². The van der Waals surface area contributed by atoms with Crippen LogP contribution in [0.4, 0.5) is 0 Å². The van der Waals surface area contributed by atoms with Crippen molar-refractivity contribution in [2.24, 2.45) is 10.8 Å². The third-order valence-corrected chi connectivity index (χ3v) is 4.44. The van der Waals surface area contributed by atoms with Crippen LogP contribution in [0, 0.1) is 10.8 Å². The van der Waals surface area contributed by atoms with Crippen LogP contribution in [0.2, 0.25) is 0 Å². The highest BCUT2D eigenvalue weighted by Crippen LogP contribution is 2.72. The maximum Gasteiger partial charge on any atom is 0.103 e. The first kappa shape index (κ1) is 10.5. The molecule has 0 N–H and O–H groups in total. The molecule has 1 heteroatoms. The van der Waals surface area contributed by atoms with Crippen molar-refractivity contribution >= 4 is 0 Å². The first-order valence-electron chi connectivity index (χ1n) is 5.87. The maximum absolute atomic E-state index is 6.26. The standard InChI is InChI=1S/C13H24O/c1-10(2,3)12-8-7-9-13(12,14-12)11(4,5)6/h7-9H2,1-6H3. The number of ether oxygens (including phenoxy) is 1. The molecule has 1 nitrogen and oxygen atoms in total. The van der Waals surface area contributed by atoms with Crippen molar-refractivity contribution < 1.29 is 4.74 Å². The molecule has 2 fully saturated rings. The molecular formula is C13H24O. The van der Waals surface area contributed by atoms with Crippen LogP contribution < -0.4 is 0 Å². The van der Waals surface area contributed by atoms with Crippen LogP contribution in [-0.2, 0) is 4.74 Å². The highest BCUT2D eigenvalue weighted by molar-refractivity contribution is 5.28.